The molecule has 0 saturated carbocycles. The van der Waals surface area contributed by atoms with E-state index in [4.69, 9.17) is 0 Å². The third kappa shape index (κ3) is 2.55. The normalized spacial score (nSPS) is 12.0. The summed E-state index contributed by atoms with van der Waals surface area (Å²) in [6.07, 6.45) is 2.28. The van der Waals surface area contributed by atoms with Crippen LogP contribution in [-0.4, -0.2) is 11.4 Å². The molecular weight excluding hydrogens is 276 g/mol. The van der Waals surface area contributed by atoms with Gasteiger partial charge in [0.2, 0.25) is 0 Å². The molecule has 2 heteroatoms. The molecule has 0 aliphatic heterocycles. The highest BCUT2D eigenvalue weighted by atomic mass is 32.3. The molecule has 0 bridgehead atoms. The van der Waals surface area contributed by atoms with Crippen LogP contribution in [-0.2, 0) is 0 Å². The maximum atomic E-state index is 9.88. The van der Waals surface area contributed by atoms with Crippen LogP contribution in [0.2, 0.25) is 0 Å². The molecule has 0 spiro atoms. The fourth-order valence-corrected chi connectivity index (χ4v) is 5.46. The minimum Gasteiger partial charge on any atom is -0.508 e. The molecule has 0 aliphatic rings. The van der Waals surface area contributed by atoms with Crippen LogP contribution in [0.5, 0.6) is 5.75 Å². The van der Waals surface area contributed by atoms with E-state index in [1.165, 1.54) is 14.7 Å². The quantitative estimate of drug-likeness (QED) is 0.694. The molecule has 0 atom stereocenters. The highest BCUT2D eigenvalue weighted by molar-refractivity contribution is 8.33. The number of phenols is 1. The van der Waals surface area contributed by atoms with Crippen molar-refractivity contribution in [2.24, 2.45) is 0 Å². The number of benzene rings is 3. The highest BCUT2D eigenvalue weighted by Crippen LogP contribution is 2.65. The summed E-state index contributed by atoms with van der Waals surface area (Å²) in [4.78, 5) is 3.75. The fraction of sp³-hybridized carbons (Fsp3) is 0.0526. The lowest BCUT2D eigenvalue weighted by Crippen LogP contribution is -2.01. The summed E-state index contributed by atoms with van der Waals surface area (Å²) in [6.45, 7) is 0. The first kappa shape index (κ1) is 13.8. The average Bonchev–Trinajstić information content (AvgIpc) is 2.56. The van der Waals surface area contributed by atoms with E-state index in [9.17, 15) is 5.11 Å². The third-order valence-electron chi connectivity index (χ3n) is 3.72. The first-order valence-corrected chi connectivity index (χ1v) is 8.93. The van der Waals surface area contributed by atoms with Crippen LogP contribution in [0.15, 0.2) is 99.6 Å². The van der Waals surface area contributed by atoms with Gasteiger partial charge in [0.15, 0.2) is 0 Å². The van der Waals surface area contributed by atoms with Gasteiger partial charge in [-0.25, -0.2) is 0 Å². The van der Waals surface area contributed by atoms with Crippen molar-refractivity contribution in [3.63, 3.8) is 0 Å². The van der Waals surface area contributed by atoms with Gasteiger partial charge in [-0.1, -0.05) is 42.5 Å². The van der Waals surface area contributed by atoms with Crippen LogP contribution in [0.1, 0.15) is 0 Å². The van der Waals surface area contributed by atoms with Crippen LogP contribution in [0.3, 0.4) is 0 Å². The number of phenolic OH excluding ortho intramolecular Hbond substituents is 1. The Labute approximate surface area is 127 Å². The SMILES string of the molecule is CS(c1ccccc1)(c1ccccc1)c1cccc(O)c1. The second-order valence-corrected chi connectivity index (χ2v) is 8.29. The lowest BCUT2D eigenvalue weighted by Gasteiger charge is -2.37. The van der Waals surface area contributed by atoms with E-state index in [1.807, 2.05) is 24.3 Å². The summed E-state index contributed by atoms with van der Waals surface area (Å²) >= 11 is 0. The summed E-state index contributed by atoms with van der Waals surface area (Å²) in [5.74, 6) is 0.318. The molecule has 0 heterocycles. The highest BCUT2D eigenvalue weighted by Gasteiger charge is 2.25. The maximum Gasteiger partial charge on any atom is 0.116 e. The average molecular weight is 294 g/mol. The van der Waals surface area contributed by atoms with Crippen LogP contribution in [0, 0.1) is 0 Å². The number of aromatic hydroxyl groups is 1. The Morgan fingerprint density at radius 2 is 1.10 bits per heavy atom. The second kappa shape index (κ2) is 5.66. The van der Waals surface area contributed by atoms with Crippen molar-refractivity contribution >= 4 is 10.0 Å². The molecule has 0 aliphatic carbocycles. The Bertz CT molecular complexity index is 683. The van der Waals surface area contributed by atoms with E-state index in [2.05, 4.69) is 60.9 Å². The van der Waals surface area contributed by atoms with Gasteiger partial charge in [-0.3, -0.25) is 0 Å². The Hall–Kier alpha value is -2.19. The van der Waals surface area contributed by atoms with Crippen molar-refractivity contribution in [2.75, 3.05) is 6.26 Å². The summed E-state index contributed by atoms with van der Waals surface area (Å²) in [6, 6.07) is 28.7. The molecule has 0 amide bonds. The van der Waals surface area contributed by atoms with E-state index in [1.54, 1.807) is 6.07 Å². The van der Waals surface area contributed by atoms with Gasteiger partial charge in [-0.15, -0.1) is 0 Å². The van der Waals surface area contributed by atoms with Gasteiger partial charge in [-0.2, -0.15) is 10.0 Å². The monoisotopic (exact) mass is 294 g/mol. The Kier molecular flexibility index (Phi) is 3.72. The lowest BCUT2D eigenvalue weighted by molar-refractivity contribution is 0.473. The molecule has 0 aromatic heterocycles. The van der Waals surface area contributed by atoms with Gasteiger partial charge in [0.1, 0.15) is 5.75 Å². The van der Waals surface area contributed by atoms with Crippen molar-refractivity contribution in [2.45, 2.75) is 14.7 Å². The minimum atomic E-state index is -1.36. The van der Waals surface area contributed by atoms with Crippen molar-refractivity contribution in [1.29, 1.82) is 0 Å². The first-order valence-electron chi connectivity index (χ1n) is 6.89. The Morgan fingerprint density at radius 3 is 1.57 bits per heavy atom. The number of hydrogen-bond acceptors (Lipinski definition) is 1. The van der Waals surface area contributed by atoms with E-state index < -0.39 is 10.0 Å². The second-order valence-electron chi connectivity index (χ2n) is 5.04. The molecule has 1 N–H and O–H groups in total. The zero-order valence-electron chi connectivity index (χ0n) is 11.9. The van der Waals surface area contributed by atoms with Crippen LogP contribution >= 0.6 is 10.0 Å². The standard InChI is InChI=1S/C19H18OS/c1-21(17-10-4-2-5-11-17,18-12-6-3-7-13-18)19-14-8-9-16(20)15-19/h2-15,20H,1H3. The molecule has 3 aromatic rings. The zero-order chi connectivity index (χ0) is 14.7. The van der Waals surface area contributed by atoms with E-state index in [0.29, 0.717) is 5.75 Å². The fourth-order valence-electron chi connectivity index (χ4n) is 2.53. The summed E-state index contributed by atoms with van der Waals surface area (Å²) in [7, 11) is -1.36. The third-order valence-corrected chi connectivity index (χ3v) is 7.34. The molecule has 0 radical (unpaired) electrons. The largest absolute Gasteiger partial charge is 0.508 e. The molecule has 1 nitrogen and oxygen atoms in total. The maximum absolute atomic E-state index is 9.88. The predicted molar refractivity (Wildman–Crippen MR) is 89.3 cm³/mol. The van der Waals surface area contributed by atoms with Crippen molar-refractivity contribution in [1.82, 2.24) is 0 Å². The molecule has 0 unspecified atom stereocenters. The molecule has 0 fully saturated rings. The molecule has 3 aromatic carbocycles. The van der Waals surface area contributed by atoms with Gasteiger partial charge in [0.05, 0.1) is 0 Å². The molecule has 3 rings (SSSR count). The van der Waals surface area contributed by atoms with E-state index in [-0.39, 0.29) is 0 Å². The van der Waals surface area contributed by atoms with Crippen LogP contribution in [0.25, 0.3) is 0 Å². The summed E-state index contributed by atoms with van der Waals surface area (Å²) in [5.41, 5.74) is 0. The smallest absolute Gasteiger partial charge is 0.116 e. The molecular formula is C19H18OS. The lowest BCUT2D eigenvalue weighted by atomic mass is 10.3. The summed E-state index contributed by atoms with van der Waals surface area (Å²) < 4.78 is 0. The van der Waals surface area contributed by atoms with E-state index in [0.717, 1.165) is 0 Å². The zero-order valence-corrected chi connectivity index (χ0v) is 12.8. The molecule has 106 valence electrons. The van der Waals surface area contributed by atoms with Gasteiger partial charge in [-0.05, 0) is 58.5 Å². The molecule has 21 heavy (non-hydrogen) atoms. The summed E-state index contributed by atoms with van der Waals surface area (Å²) in [5, 5.41) is 9.88. The van der Waals surface area contributed by atoms with Gasteiger partial charge in [0.25, 0.3) is 0 Å². The minimum absolute atomic E-state index is 0.318. The van der Waals surface area contributed by atoms with Crippen LogP contribution in [0.4, 0.5) is 0 Å². The van der Waals surface area contributed by atoms with Gasteiger partial charge >= 0.3 is 0 Å². The topological polar surface area (TPSA) is 20.2 Å². The Morgan fingerprint density at radius 1 is 0.619 bits per heavy atom. The number of hydrogen-bond donors (Lipinski definition) is 1. The van der Waals surface area contributed by atoms with Crippen LogP contribution < -0.4 is 0 Å². The Balaban J connectivity index is 2.25. The molecule has 0 saturated heterocycles. The number of rotatable bonds is 3. The predicted octanol–water partition coefficient (Wildman–Crippen LogP) is 5.30. The van der Waals surface area contributed by atoms with E-state index >= 15 is 0 Å². The van der Waals surface area contributed by atoms with Gasteiger partial charge in [0, 0.05) is 4.90 Å². The van der Waals surface area contributed by atoms with Gasteiger partial charge < -0.3 is 5.11 Å². The first-order chi connectivity index (χ1) is 10.2. The van der Waals surface area contributed by atoms with Crippen molar-refractivity contribution in [3.05, 3.63) is 84.9 Å². The van der Waals surface area contributed by atoms with Crippen molar-refractivity contribution in [3.8, 4) is 5.75 Å². The van der Waals surface area contributed by atoms with Crippen molar-refractivity contribution < 1.29 is 5.11 Å².